The predicted octanol–water partition coefficient (Wildman–Crippen LogP) is 6.22. The third-order valence-electron chi connectivity index (χ3n) is 7.28. The molecular formula is C27H30N4. The summed E-state index contributed by atoms with van der Waals surface area (Å²) < 4.78 is 2.52. The van der Waals surface area contributed by atoms with E-state index in [2.05, 4.69) is 64.6 Å². The van der Waals surface area contributed by atoms with E-state index >= 15 is 0 Å². The van der Waals surface area contributed by atoms with Crippen LogP contribution < -0.4 is 5.32 Å². The Labute approximate surface area is 183 Å². The van der Waals surface area contributed by atoms with Crippen LogP contribution in [-0.2, 0) is 0 Å². The van der Waals surface area contributed by atoms with Gasteiger partial charge in [-0.05, 0) is 67.2 Å². The van der Waals surface area contributed by atoms with E-state index in [4.69, 9.17) is 9.97 Å². The van der Waals surface area contributed by atoms with Crippen molar-refractivity contribution < 1.29 is 0 Å². The van der Waals surface area contributed by atoms with Crippen molar-refractivity contribution in [3.8, 4) is 11.1 Å². The first-order valence-electron chi connectivity index (χ1n) is 11.9. The van der Waals surface area contributed by atoms with Crippen molar-refractivity contribution in [3.63, 3.8) is 0 Å². The molecule has 1 N–H and O–H groups in total. The molecule has 0 amide bonds. The quantitative estimate of drug-likeness (QED) is 0.436. The Morgan fingerprint density at radius 3 is 2.45 bits per heavy atom. The van der Waals surface area contributed by atoms with Crippen LogP contribution in [0.3, 0.4) is 0 Å². The Morgan fingerprint density at radius 1 is 0.806 bits per heavy atom. The molecule has 2 aromatic heterocycles. The van der Waals surface area contributed by atoms with E-state index < -0.39 is 0 Å². The van der Waals surface area contributed by atoms with Crippen molar-refractivity contribution in [3.05, 3.63) is 60.6 Å². The SMILES string of the molecule is c1ccc2cc(-c3cnc4c(c3)nc(C3CCCCC3)n4C3CCNCC3)ccc2c1. The van der Waals surface area contributed by atoms with Gasteiger partial charge in [0.15, 0.2) is 5.65 Å². The Balaban J connectivity index is 1.46. The largest absolute Gasteiger partial charge is 0.317 e. The summed E-state index contributed by atoms with van der Waals surface area (Å²) in [7, 11) is 0. The molecule has 4 nitrogen and oxygen atoms in total. The fourth-order valence-corrected chi connectivity index (χ4v) is 5.60. The van der Waals surface area contributed by atoms with Crippen LogP contribution in [0.5, 0.6) is 0 Å². The second-order valence-corrected chi connectivity index (χ2v) is 9.28. The number of nitrogens with one attached hydrogen (secondary N) is 1. The van der Waals surface area contributed by atoms with Crippen LogP contribution in [0.1, 0.15) is 62.7 Å². The maximum absolute atomic E-state index is 5.24. The Morgan fingerprint density at radius 2 is 1.61 bits per heavy atom. The molecule has 31 heavy (non-hydrogen) atoms. The number of pyridine rings is 1. The molecule has 0 spiro atoms. The molecular weight excluding hydrogens is 380 g/mol. The van der Waals surface area contributed by atoms with Crippen LogP contribution in [0.4, 0.5) is 0 Å². The predicted molar refractivity (Wildman–Crippen MR) is 127 cm³/mol. The molecule has 6 rings (SSSR count). The van der Waals surface area contributed by atoms with Crippen molar-refractivity contribution in [1.82, 2.24) is 19.9 Å². The monoisotopic (exact) mass is 410 g/mol. The number of nitrogens with zero attached hydrogens (tertiary/aromatic N) is 3. The minimum atomic E-state index is 0.516. The van der Waals surface area contributed by atoms with Gasteiger partial charge in [0.05, 0.1) is 0 Å². The first-order valence-corrected chi connectivity index (χ1v) is 11.9. The van der Waals surface area contributed by atoms with Gasteiger partial charge in [-0.1, -0.05) is 55.7 Å². The molecule has 2 aliphatic rings. The van der Waals surface area contributed by atoms with E-state index in [1.165, 1.54) is 67.1 Å². The molecule has 0 bridgehead atoms. The van der Waals surface area contributed by atoms with Crippen molar-refractivity contribution >= 4 is 21.9 Å². The number of fused-ring (bicyclic) bond motifs is 2. The second kappa shape index (κ2) is 8.08. The Bertz CT molecular complexity index is 1210. The number of hydrogen-bond acceptors (Lipinski definition) is 3. The van der Waals surface area contributed by atoms with Gasteiger partial charge < -0.3 is 9.88 Å². The molecule has 2 fully saturated rings. The van der Waals surface area contributed by atoms with Gasteiger partial charge in [-0.15, -0.1) is 0 Å². The zero-order valence-corrected chi connectivity index (χ0v) is 18.1. The average molecular weight is 411 g/mol. The number of hydrogen-bond donors (Lipinski definition) is 1. The molecule has 0 unspecified atom stereocenters. The Hall–Kier alpha value is -2.72. The summed E-state index contributed by atoms with van der Waals surface area (Å²) in [4.78, 5) is 10.2. The lowest BCUT2D eigenvalue weighted by Crippen LogP contribution is -2.30. The van der Waals surface area contributed by atoms with Crippen LogP contribution in [-0.4, -0.2) is 27.6 Å². The highest BCUT2D eigenvalue weighted by molar-refractivity contribution is 5.88. The number of rotatable bonds is 3. The van der Waals surface area contributed by atoms with Crippen LogP contribution in [0, 0.1) is 0 Å². The van der Waals surface area contributed by atoms with Gasteiger partial charge >= 0.3 is 0 Å². The molecule has 1 aliphatic carbocycles. The average Bonchev–Trinajstić information content (AvgIpc) is 3.23. The zero-order chi connectivity index (χ0) is 20.6. The van der Waals surface area contributed by atoms with Crippen LogP contribution in [0.2, 0.25) is 0 Å². The fourth-order valence-electron chi connectivity index (χ4n) is 5.60. The summed E-state index contributed by atoms with van der Waals surface area (Å²) in [5, 5.41) is 6.05. The minimum absolute atomic E-state index is 0.516. The molecule has 158 valence electrons. The molecule has 4 aromatic rings. The van der Waals surface area contributed by atoms with Crippen molar-refractivity contribution in [1.29, 1.82) is 0 Å². The van der Waals surface area contributed by atoms with E-state index in [-0.39, 0.29) is 0 Å². The van der Waals surface area contributed by atoms with Crippen molar-refractivity contribution in [2.75, 3.05) is 13.1 Å². The molecule has 3 heterocycles. The number of piperidine rings is 1. The molecule has 0 radical (unpaired) electrons. The van der Waals surface area contributed by atoms with Gasteiger partial charge in [0.1, 0.15) is 11.3 Å². The van der Waals surface area contributed by atoms with Gasteiger partial charge in [0, 0.05) is 23.7 Å². The highest BCUT2D eigenvalue weighted by Crippen LogP contribution is 2.37. The third kappa shape index (κ3) is 3.53. The molecule has 0 atom stereocenters. The van der Waals surface area contributed by atoms with Gasteiger partial charge in [0.2, 0.25) is 0 Å². The molecule has 1 saturated heterocycles. The summed E-state index contributed by atoms with van der Waals surface area (Å²) in [6.45, 7) is 2.17. The summed E-state index contributed by atoms with van der Waals surface area (Å²) >= 11 is 0. The maximum atomic E-state index is 5.24. The lowest BCUT2D eigenvalue weighted by atomic mass is 9.88. The topological polar surface area (TPSA) is 42.7 Å². The van der Waals surface area contributed by atoms with Crippen LogP contribution >= 0.6 is 0 Å². The molecule has 2 aromatic carbocycles. The van der Waals surface area contributed by atoms with Gasteiger partial charge in [0.25, 0.3) is 0 Å². The summed E-state index contributed by atoms with van der Waals surface area (Å²) in [5.41, 5.74) is 4.51. The molecule has 1 saturated carbocycles. The number of imidazole rings is 1. The fraction of sp³-hybridized carbons (Fsp3) is 0.407. The van der Waals surface area contributed by atoms with E-state index in [0.29, 0.717) is 12.0 Å². The third-order valence-corrected chi connectivity index (χ3v) is 7.28. The smallest absolute Gasteiger partial charge is 0.160 e. The standard InChI is InChI=1S/C27H30N4/c1-2-7-20(8-3-1)26-30-25-17-23(22-11-10-19-6-4-5-9-21(19)16-22)18-29-27(25)31(26)24-12-14-28-15-13-24/h4-6,9-11,16-18,20,24,28H,1-3,7-8,12-15H2. The normalized spacial score (nSPS) is 18.7. The van der Waals surface area contributed by atoms with Crippen molar-refractivity contribution in [2.24, 2.45) is 0 Å². The summed E-state index contributed by atoms with van der Waals surface area (Å²) in [6.07, 6.45) is 11.0. The van der Waals surface area contributed by atoms with Crippen LogP contribution in [0.25, 0.3) is 33.1 Å². The maximum Gasteiger partial charge on any atom is 0.160 e. The van der Waals surface area contributed by atoms with Crippen molar-refractivity contribution in [2.45, 2.75) is 56.9 Å². The Kier molecular flexibility index (Phi) is 4.95. The first kappa shape index (κ1) is 19.0. The number of aromatic nitrogens is 3. The van der Waals surface area contributed by atoms with E-state index in [9.17, 15) is 0 Å². The molecule has 1 aliphatic heterocycles. The van der Waals surface area contributed by atoms with Gasteiger partial charge in [-0.25, -0.2) is 9.97 Å². The lowest BCUT2D eigenvalue weighted by molar-refractivity contribution is 0.343. The van der Waals surface area contributed by atoms with Gasteiger partial charge in [-0.3, -0.25) is 0 Å². The highest BCUT2D eigenvalue weighted by atomic mass is 15.2. The zero-order valence-electron chi connectivity index (χ0n) is 18.1. The summed E-state index contributed by atoms with van der Waals surface area (Å²) in [6, 6.07) is 18.0. The van der Waals surface area contributed by atoms with Crippen LogP contribution in [0.15, 0.2) is 54.7 Å². The lowest BCUT2D eigenvalue weighted by Gasteiger charge is -2.29. The minimum Gasteiger partial charge on any atom is -0.317 e. The summed E-state index contributed by atoms with van der Waals surface area (Å²) in [5.74, 6) is 1.88. The first-order chi connectivity index (χ1) is 15.4. The van der Waals surface area contributed by atoms with E-state index in [1.54, 1.807) is 0 Å². The number of benzene rings is 2. The molecule has 4 heteroatoms. The van der Waals surface area contributed by atoms with E-state index in [1.807, 2.05) is 0 Å². The highest BCUT2D eigenvalue weighted by Gasteiger charge is 2.27. The van der Waals surface area contributed by atoms with E-state index in [0.717, 1.165) is 29.8 Å². The van der Waals surface area contributed by atoms with Gasteiger partial charge in [-0.2, -0.15) is 0 Å². The second-order valence-electron chi connectivity index (χ2n) is 9.28.